The molecule has 1 saturated heterocycles. The van der Waals surface area contributed by atoms with Crippen molar-refractivity contribution in [3.05, 3.63) is 24.2 Å². The van der Waals surface area contributed by atoms with Crippen molar-refractivity contribution >= 4 is 5.91 Å². The molecular formula is C14H21N3O2. The molecular weight excluding hydrogens is 242 g/mol. The van der Waals surface area contributed by atoms with Crippen LogP contribution >= 0.6 is 0 Å². The van der Waals surface area contributed by atoms with Crippen LogP contribution in [0.4, 0.5) is 0 Å². The molecule has 0 spiro atoms. The van der Waals surface area contributed by atoms with Crippen LogP contribution in [0.2, 0.25) is 0 Å². The van der Waals surface area contributed by atoms with Crippen LogP contribution in [-0.2, 0) is 4.79 Å². The molecule has 0 bridgehead atoms. The zero-order valence-electron chi connectivity index (χ0n) is 11.1. The summed E-state index contributed by atoms with van der Waals surface area (Å²) in [7, 11) is 0. The van der Waals surface area contributed by atoms with Gasteiger partial charge in [0.25, 0.3) is 0 Å². The Balaban J connectivity index is 1.64. The molecule has 1 aromatic heterocycles. The Morgan fingerprint density at radius 2 is 2.21 bits per heavy atom. The van der Waals surface area contributed by atoms with Crippen molar-refractivity contribution in [2.75, 3.05) is 19.6 Å². The van der Waals surface area contributed by atoms with Crippen molar-refractivity contribution in [1.29, 1.82) is 0 Å². The predicted molar refractivity (Wildman–Crippen MR) is 71.4 cm³/mol. The standard InChI is InChI=1S/C14H21N3O2/c15-14(5-6-14)13(18)16-10-11(12-4-3-9-19-12)17-7-1-2-8-17/h3-4,9,11H,1-2,5-8,10,15H2,(H,16,18). The number of likely N-dealkylation sites (tertiary alicyclic amines) is 1. The van der Waals surface area contributed by atoms with E-state index in [1.54, 1.807) is 6.26 Å². The summed E-state index contributed by atoms with van der Waals surface area (Å²) in [4.78, 5) is 14.3. The van der Waals surface area contributed by atoms with Gasteiger partial charge in [0.15, 0.2) is 0 Å². The monoisotopic (exact) mass is 263 g/mol. The van der Waals surface area contributed by atoms with Crippen molar-refractivity contribution in [2.45, 2.75) is 37.3 Å². The number of nitrogens with two attached hydrogens (primary N) is 1. The molecule has 104 valence electrons. The molecule has 2 fully saturated rings. The van der Waals surface area contributed by atoms with Gasteiger partial charge >= 0.3 is 0 Å². The van der Waals surface area contributed by atoms with Gasteiger partial charge in [0.05, 0.1) is 17.8 Å². The molecule has 0 radical (unpaired) electrons. The fraction of sp³-hybridized carbons (Fsp3) is 0.643. The molecule has 1 saturated carbocycles. The fourth-order valence-corrected chi connectivity index (χ4v) is 2.67. The maximum atomic E-state index is 11.9. The number of nitrogens with one attached hydrogen (secondary N) is 1. The predicted octanol–water partition coefficient (Wildman–Crippen LogP) is 1.02. The van der Waals surface area contributed by atoms with E-state index in [1.165, 1.54) is 12.8 Å². The van der Waals surface area contributed by atoms with Crippen molar-refractivity contribution in [3.8, 4) is 0 Å². The maximum absolute atomic E-state index is 11.9. The highest BCUT2D eigenvalue weighted by molar-refractivity contribution is 5.88. The average molecular weight is 263 g/mol. The van der Waals surface area contributed by atoms with Crippen molar-refractivity contribution in [2.24, 2.45) is 5.73 Å². The molecule has 5 heteroatoms. The van der Waals surface area contributed by atoms with Crippen LogP contribution in [0.5, 0.6) is 0 Å². The van der Waals surface area contributed by atoms with E-state index in [4.69, 9.17) is 10.2 Å². The minimum absolute atomic E-state index is 0.0248. The molecule has 1 amide bonds. The van der Waals surface area contributed by atoms with Crippen LogP contribution in [0.3, 0.4) is 0 Å². The Hall–Kier alpha value is -1.33. The molecule has 3 N–H and O–H groups in total. The Bertz CT molecular complexity index is 434. The van der Waals surface area contributed by atoms with Gasteiger partial charge in [-0.2, -0.15) is 0 Å². The van der Waals surface area contributed by atoms with Crippen LogP contribution in [0.25, 0.3) is 0 Å². The summed E-state index contributed by atoms with van der Waals surface area (Å²) in [5.41, 5.74) is 5.30. The first-order valence-corrected chi connectivity index (χ1v) is 7.04. The first kappa shape index (κ1) is 12.7. The summed E-state index contributed by atoms with van der Waals surface area (Å²) in [6.45, 7) is 2.70. The van der Waals surface area contributed by atoms with Crippen LogP contribution in [-0.4, -0.2) is 36.0 Å². The van der Waals surface area contributed by atoms with Gasteiger partial charge in [0.2, 0.25) is 5.91 Å². The zero-order chi connectivity index (χ0) is 13.3. The second-order valence-corrected chi connectivity index (χ2v) is 5.64. The molecule has 19 heavy (non-hydrogen) atoms. The van der Waals surface area contributed by atoms with Gasteiger partial charge in [0.1, 0.15) is 5.76 Å². The molecule has 1 aromatic rings. The number of rotatable bonds is 5. The van der Waals surface area contributed by atoms with Gasteiger partial charge in [-0.05, 0) is 50.9 Å². The second kappa shape index (κ2) is 4.98. The fourth-order valence-electron chi connectivity index (χ4n) is 2.67. The zero-order valence-corrected chi connectivity index (χ0v) is 11.1. The number of carbonyl (C=O) groups excluding carboxylic acids is 1. The lowest BCUT2D eigenvalue weighted by Gasteiger charge is -2.26. The molecule has 1 atom stereocenters. The maximum Gasteiger partial charge on any atom is 0.240 e. The summed E-state index contributed by atoms with van der Waals surface area (Å²) in [5, 5.41) is 2.98. The van der Waals surface area contributed by atoms with Crippen molar-refractivity contribution in [3.63, 3.8) is 0 Å². The third kappa shape index (κ3) is 2.67. The summed E-state index contributed by atoms with van der Waals surface area (Å²) in [6.07, 6.45) is 5.71. The lowest BCUT2D eigenvalue weighted by molar-refractivity contribution is -0.123. The third-order valence-electron chi connectivity index (χ3n) is 4.15. The highest BCUT2D eigenvalue weighted by atomic mass is 16.3. The van der Waals surface area contributed by atoms with Crippen LogP contribution < -0.4 is 11.1 Å². The normalized spacial score (nSPS) is 23.2. The SMILES string of the molecule is NC1(C(=O)NCC(c2ccco2)N2CCCC2)CC1. The quantitative estimate of drug-likeness (QED) is 0.832. The molecule has 1 unspecified atom stereocenters. The minimum Gasteiger partial charge on any atom is -0.468 e. The van der Waals surface area contributed by atoms with E-state index < -0.39 is 5.54 Å². The summed E-state index contributed by atoms with van der Waals surface area (Å²) in [5.74, 6) is 0.896. The number of amides is 1. The summed E-state index contributed by atoms with van der Waals surface area (Å²) in [6, 6.07) is 4.00. The highest BCUT2D eigenvalue weighted by Crippen LogP contribution is 2.32. The Kier molecular flexibility index (Phi) is 3.33. The lowest BCUT2D eigenvalue weighted by Crippen LogP contribution is -2.46. The van der Waals surface area contributed by atoms with Crippen LogP contribution in [0, 0.1) is 0 Å². The first-order valence-electron chi connectivity index (χ1n) is 7.04. The van der Waals surface area contributed by atoms with Gasteiger partial charge < -0.3 is 15.5 Å². The first-order chi connectivity index (χ1) is 9.19. The number of hydrogen-bond acceptors (Lipinski definition) is 4. The lowest BCUT2D eigenvalue weighted by atomic mass is 10.2. The molecule has 2 aliphatic rings. The molecule has 5 nitrogen and oxygen atoms in total. The topological polar surface area (TPSA) is 71.5 Å². The Morgan fingerprint density at radius 1 is 1.47 bits per heavy atom. The van der Waals surface area contributed by atoms with Crippen molar-refractivity contribution in [1.82, 2.24) is 10.2 Å². The van der Waals surface area contributed by atoms with E-state index in [9.17, 15) is 4.79 Å². The number of carbonyl (C=O) groups is 1. The molecule has 1 aliphatic heterocycles. The summed E-state index contributed by atoms with van der Waals surface area (Å²) >= 11 is 0. The van der Waals surface area contributed by atoms with Gasteiger partial charge in [0, 0.05) is 6.54 Å². The van der Waals surface area contributed by atoms with Gasteiger partial charge in [-0.3, -0.25) is 9.69 Å². The van der Waals surface area contributed by atoms with E-state index in [2.05, 4.69) is 10.2 Å². The van der Waals surface area contributed by atoms with E-state index >= 15 is 0 Å². The van der Waals surface area contributed by atoms with Crippen LogP contribution in [0.15, 0.2) is 22.8 Å². The van der Waals surface area contributed by atoms with E-state index in [0.29, 0.717) is 6.54 Å². The smallest absolute Gasteiger partial charge is 0.240 e. The Morgan fingerprint density at radius 3 is 2.79 bits per heavy atom. The molecule has 3 rings (SSSR count). The molecule has 1 aliphatic carbocycles. The van der Waals surface area contributed by atoms with Gasteiger partial charge in [-0.15, -0.1) is 0 Å². The number of furan rings is 1. The second-order valence-electron chi connectivity index (χ2n) is 5.64. The molecule has 2 heterocycles. The van der Waals surface area contributed by atoms with E-state index in [0.717, 1.165) is 31.7 Å². The Labute approximate surface area is 113 Å². The van der Waals surface area contributed by atoms with Crippen LogP contribution in [0.1, 0.15) is 37.5 Å². The average Bonchev–Trinajstić information content (AvgIpc) is 2.91. The van der Waals surface area contributed by atoms with Gasteiger partial charge in [-0.25, -0.2) is 0 Å². The summed E-state index contributed by atoms with van der Waals surface area (Å²) < 4.78 is 5.52. The number of nitrogens with zero attached hydrogens (tertiary/aromatic N) is 1. The van der Waals surface area contributed by atoms with E-state index in [1.807, 2.05) is 12.1 Å². The van der Waals surface area contributed by atoms with E-state index in [-0.39, 0.29) is 11.9 Å². The molecule has 0 aromatic carbocycles. The number of hydrogen-bond donors (Lipinski definition) is 2. The third-order valence-corrected chi connectivity index (χ3v) is 4.15. The minimum atomic E-state index is -0.598. The van der Waals surface area contributed by atoms with Crippen molar-refractivity contribution < 1.29 is 9.21 Å². The highest BCUT2D eigenvalue weighted by Gasteiger charge is 2.46. The largest absolute Gasteiger partial charge is 0.468 e. The van der Waals surface area contributed by atoms with Gasteiger partial charge in [-0.1, -0.05) is 0 Å².